The lowest BCUT2D eigenvalue weighted by molar-refractivity contribution is 0.420. The maximum atomic E-state index is 13.0. The molecule has 0 saturated carbocycles. The summed E-state index contributed by atoms with van der Waals surface area (Å²) < 4.78 is 13.6. The minimum absolute atomic E-state index is 0. The van der Waals surface area contributed by atoms with Crippen molar-refractivity contribution in [3.63, 3.8) is 0 Å². The number of hydrogen-bond acceptors (Lipinski definition) is 2. The highest BCUT2D eigenvalue weighted by atomic mass is 79.9. The molecule has 15 heavy (non-hydrogen) atoms. The monoisotopic (exact) mass is 295 g/mol. The zero-order valence-corrected chi connectivity index (χ0v) is 10.3. The summed E-state index contributed by atoms with van der Waals surface area (Å²) in [7, 11) is 0. The van der Waals surface area contributed by atoms with Gasteiger partial charge in [0.15, 0.2) is 11.6 Å². The molecule has 1 aromatic rings. The molecule has 0 spiro atoms. The van der Waals surface area contributed by atoms with Crippen molar-refractivity contribution in [1.29, 1.82) is 0 Å². The summed E-state index contributed by atoms with van der Waals surface area (Å²) in [5.74, 6) is -1.06. The summed E-state index contributed by atoms with van der Waals surface area (Å²) in [5, 5.41) is 9.46. The Kier molecular flexibility index (Phi) is 5.87. The van der Waals surface area contributed by atoms with E-state index in [-0.39, 0.29) is 12.4 Å². The van der Waals surface area contributed by atoms with Crippen molar-refractivity contribution < 1.29 is 9.50 Å². The number of hydrogen-bond donors (Lipinski definition) is 2. The Bertz CT molecular complexity index is 360. The van der Waals surface area contributed by atoms with Crippen LogP contribution in [0, 0.1) is 5.82 Å². The summed E-state index contributed by atoms with van der Waals surface area (Å²) in [6.07, 6.45) is 2.11. The molecule has 2 nitrogen and oxygen atoms in total. The molecule has 0 aromatic heterocycles. The van der Waals surface area contributed by atoms with Gasteiger partial charge in [0.25, 0.3) is 0 Å². The minimum Gasteiger partial charge on any atom is -0.505 e. The first-order chi connectivity index (χ1) is 6.57. The van der Waals surface area contributed by atoms with Gasteiger partial charge in [-0.3, -0.25) is 0 Å². The Morgan fingerprint density at radius 3 is 2.73 bits per heavy atom. The largest absolute Gasteiger partial charge is 0.505 e. The van der Waals surface area contributed by atoms with Crippen molar-refractivity contribution in [3.05, 3.63) is 40.6 Å². The molecule has 0 heterocycles. The quantitative estimate of drug-likeness (QED) is 0.841. The van der Waals surface area contributed by atoms with E-state index in [1.165, 1.54) is 12.1 Å². The summed E-state index contributed by atoms with van der Waals surface area (Å²) in [4.78, 5) is 0. The van der Waals surface area contributed by atoms with Crippen LogP contribution in [0.5, 0.6) is 5.75 Å². The van der Waals surface area contributed by atoms with Crippen LogP contribution in [0.2, 0.25) is 0 Å². The number of phenolic OH excluding ortho intramolecular Hbond substituents is 1. The zero-order valence-electron chi connectivity index (χ0n) is 7.91. The Morgan fingerprint density at radius 2 is 2.20 bits per heavy atom. The summed E-state index contributed by atoms with van der Waals surface area (Å²) >= 11 is 3.21. The van der Waals surface area contributed by atoms with Gasteiger partial charge in [-0.05, 0) is 18.6 Å². The lowest BCUT2D eigenvalue weighted by Crippen LogP contribution is -2.10. The molecule has 0 saturated heterocycles. The van der Waals surface area contributed by atoms with Crippen molar-refractivity contribution in [2.24, 2.45) is 5.73 Å². The van der Waals surface area contributed by atoms with Gasteiger partial charge < -0.3 is 10.8 Å². The first kappa shape index (κ1) is 14.4. The third kappa shape index (κ3) is 3.19. The van der Waals surface area contributed by atoms with Gasteiger partial charge in [-0.15, -0.1) is 19.0 Å². The van der Waals surface area contributed by atoms with E-state index < -0.39 is 17.6 Å². The number of aromatic hydroxyl groups is 1. The molecule has 0 unspecified atom stereocenters. The van der Waals surface area contributed by atoms with Crippen LogP contribution < -0.4 is 5.73 Å². The van der Waals surface area contributed by atoms with E-state index in [1.807, 2.05) is 0 Å². The van der Waals surface area contributed by atoms with E-state index in [2.05, 4.69) is 22.5 Å². The number of rotatable bonds is 3. The molecule has 5 heteroatoms. The fourth-order valence-corrected chi connectivity index (χ4v) is 1.82. The van der Waals surface area contributed by atoms with Crippen molar-refractivity contribution >= 4 is 28.3 Å². The van der Waals surface area contributed by atoms with Gasteiger partial charge >= 0.3 is 0 Å². The Hall–Kier alpha value is -0.580. The van der Waals surface area contributed by atoms with Crippen LogP contribution in [0.1, 0.15) is 18.0 Å². The number of nitrogens with two attached hydrogens (primary N) is 1. The summed E-state index contributed by atoms with van der Waals surface area (Å²) in [6, 6.07) is 2.26. The molecule has 84 valence electrons. The second-order valence-electron chi connectivity index (χ2n) is 2.92. The van der Waals surface area contributed by atoms with E-state index in [0.29, 0.717) is 16.5 Å². The Morgan fingerprint density at radius 1 is 1.60 bits per heavy atom. The van der Waals surface area contributed by atoms with Gasteiger partial charge in [-0.25, -0.2) is 4.39 Å². The van der Waals surface area contributed by atoms with Crippen LogP contribution in [0.25, 0.3) is 0 Å². The maximum Gasteiger partial charge on any atom is 0.165 e. The van der Waals surface area contributed by atoms with Gasteiger partial charge in [0.05, 0.1) is 0 Å². The van der Waals surface area contributed by atoms with Crippen molar-refractivity contribution in [3.8, 4) is 5.75 Å². The molecular weight excluding hydrogens is 284 g/mol. The van der Waals surface area contributed by atoms with E-state index in [1.54, 1.807) is 6.08 Å². The van der Waals surface area contributed by atoms with E-state index in [0.717, 1.165) is 0 Å². The highest BCUT2D eigenvalue weighted by Crippen LogP contribution is 2.34. The van der Waals surface area contributed by atoms with Crippen LogP contribution in [0.3, 0.4) is 0 Å². The predicted octanol–water partition coefficient (Wildman–Crippen LogP) is 3.29. The third-order valence-corrected chi connectivity index (χ3v) is 2.60. The average molecular weight is 297 g/mol. The molecule has 0 amide bonds. The standard InChI is InChI=1S/C10H11BrFNO.ClH/c1-2-3-8(13)9-6(11)4-5-7(12)10(9)14;/h2,4-5,8,14H,1,3,13H2;1H/t8-;/m0./s1. The second-order valence-corrected chi connectivity index (χ2v) is 3.78. The van der Waals surface area contributed by atoms with Crippen LogP contribution in [-0.2, 0) is 0 Å². The molecule has 0 aliphatic heterocycles. The van der Waals surface area contributed by atoms with Gasteiger partial charge in [0.1, 0.15) is 0 Å². The lowest BCUT2D eigenvalue weighted by Gasteiger charge is -2.13. The highest BCUT2D eigenvalue weighted by Gasteiger charge is 2.16. The molecule has 0 aliphatic carbocycles. The maximum absolute atomic E-state index is 13.0. The lowest BCUT2D eigenvalue weighted by atomic mass is 10.0. The van der Waals surface area contributed by atoms with Gasteiger partial charge in [0.2, 0.25) is 0 Å². The second kappa shape index (κ2) is 6.10. The van der Waals surface area contributed by atoms with Crippen LogP contribution in [-0.4, -0.2) is 5.11 Å². The van der Waals surface area contributed by atoms with Gasteiger partial charge in [-0.1, -0.05) is 22.0 Å². The van der Waals surface area contributed by atoms with E-state index in [4.69, 9.17) is 5.73 Å². The zero-order chi connectivity index (χ0) is 10.7. The third-order valence-electron chi connectivity index (χ3n) is 1.91. The molecule has 1 aromatic carbocycles. The summed E-state index contributed by atoms with van der Waals surface area (Å²) in [6.45, 7) is 3.54. The highest BCUT2D eigenvalue weighted by molar-refractivity contribution is 9.10. The van der Waals surface area contributed by atoms with E-state index >= 15 is 0 Å². The molecule has 0 aliphatic rings. The molecule has 0 fully saturated rings. The number of halogens is 3. The van der Waals surface area contributed by atoms with Gasteiger partial charge in [-0.2, -0.15) is 0 Å². The topological polar surface area (TPSA) is 46.2 Å². The van der Waals surface area contributed by atoms with Crippen LogP contribution >= 0.6 is 28.3 Å². The van der Waals surface area contributed by atoms with Crippen LogP contribution in [0.4, 0.5) is 4.39 Å². The average Bonchev–Trinajstić information content (AvgIpc) is 2.13. The minimum atomic E-state index is -0.664. The smallest absolute Gasteiger partial charge is 0.165 e. The fourth-order valence-electron chi connectivity index (χ4n) is 1.21. The SMILES string of the molecule is C=CC[C@H](N)c1c(Br)ccc(F)c1O.Cl. The van der Waals surface area contributed by atoms with Crippen molar-refractivity contribution in [1.82, 2.24) is 0 Å². The van der Waals surface area contributed by atoms with Crippen molar-refractivity contribution in [2.75, 3.05) is 0 Å². The molecule has 1 rings (SSSR count). The Balaban J connectivity index is 0.00000196. The molecule has 0 radical (unpaired) electrons. The molecule has 1 atom stereocenters. The van der Waals surface area contributed by atoms with Crippen LogP contribution in [0.15, 0.2) is 29.3 Å². The van der Waals surface area contributed by atoms with E-state index in [9.17, 15) is 9.50 Å². The molecule has 3 N–H and O–H groups in total. The summed E-state index contributed by atoms with van der Waals surface area (Å²) in [5.41, 5.74) is 6.13. The number of phenols is 1. The molecular formula is C10H12BrClFNO. The first-order valence-electron chi connectivity index (χ1n) is 4.11. The normalized spacial score (nSPS) is 11.7. The number of benzene rings is 1. The molecule has 0 bridgehead atoms. The predicted molar refractivity (Wildman–Crippen MR) is 64.8 cm³/mol. The van der Waals surface area contributed by atoms with Crippen molar-refractivity contribution in [2.45, 2.75) is 12.5 Å². The first-order valence-corrected chi connectivity index (χ1v) is 4.90. The van der Waals surface area contributed by atoms with Gasteiger partial charge in [0, 0.05) is 16.1 Å². The Labute approximate surface area is 103 Å². The fraction of sp³-hybridized carbons (Fsp3) is 0.200.